The number of carbonyl (C=O) groups is 1. The Morgan fingerprint density at radius 1 is 1.44 bits per heavy atom. The molecule has 98 valence electrons. The molecule has 2 rings (SSSR count). The SMILES string of the molecule is COc1ccc(CC2(C(=O)O)CCCC2)cc1Br. The monoisotopic (exact) mass is 312 g/mol. The Morgan fingerprint density at radius 3 is 2.61 bits per heavy atom. The number of carboxylic acid groups (broad SMARTS) is 1. The molecule has 18 heavy (non-hydrogen) atoms. The second kappa shape index (κ2) is 5.31. The Balaban J connectivity index is 2.22. The van der Waals surface area contributed by atoms with Crippen LogP contribution < -0.4 is 4.74 Å². The topological polar surface area (TPSA) is 46.5 Å². The van der Waals surface area contributed by atoms with E-state index in [2.05, 4.69) is 15.9 Å². The first-order chi connectivity index (χ1) is 8.57. The van der Waals surface area contributed by atoms with Crippen molar-refractivity contribution < 1.29 is 14.6 Å². The van der Waals surface area contributed by atoms with Gasteiger partial charge in [0.2, 0.25) is 0 Å². The number of hydrogen-bond donors (Lipinski definition) is 1. The highest BCUT2D eigenvalue weighted by atomic mass is 79.9. The van der Waals surface area contributed by atoms with Crippen molar-refractivity contribution >= 4 is 21.9 Å². The van der Waals surface area contributed by atoms with Crippen molar-refractivity contribution in [2.75, 3.05) is 7.11 Å². The number of halogens is 1. The number of rotatable bonds is 4. The first-order valence-electron chi connectivity index (χ1n) is 6.13. The van der Waals surface area contributed by atoms with E-state index in [0.717, 1.165) is 41.5 Å². The second-order valence-corrected chi connectivity index (χ2v) is 5.79. The molecular formula is C14H17BrO3. The summed E-state index contributed by atoms with van der Waals surface area (Å²) < 4.78 is 6.06. The van der Waals surface area contributed by atoms with E-state index in [9.17, 15) is 9.90 Å². The Kier molecular flexibility index (Phi) is 3.95. The number of ether oxygens (including phenoxy) is 1. The Bertz CT molecular complexity index is 450. The number of hydrogen-bond acceptors (Lipinski definition) is 2. The predicted molar refractivity (Wildman–Crippen MR) is 72.9 cm³/mol. The second-order valence-electron chi connectivity index (χ2n) is 4.94. The van der Waals surface area contributed by atoms with Gasteiger partial charge in [-0.15, -0.1) is 0 Å². The summed E-state index contributed by atoms with van der Waals surface area (Å²) in [6, 6.07) is 5.79. The quantitative estimate of drug-likeness (QED) is 0.923. The van der Waals surface area contributed by atoms with Crippen molar-refractivity contribution in [3.05, 3.63) is 28.2 Å². The molecular weight excluding hydrogens is 296 g/mol. The van der Waals surface area contributed by atoms with Gasteiger partial charge in [-0.05, 0) is 52.9 Å². The van der Waals surface area contributed by atoms with E-state index in [1.807, 2.05) is 18.2 Å². The van der Waals surface area contributed by atoms with Crippen LogP contribution in [0.2, 0.25) is 0 Å². The molecule has 0 radical (unpaired) electrons. The van der Waals surface area contributed by atoms with E-state index in [1.165, 1.54) is 0 Å². The molecule has 0 unspecified atom stereocenters. The fraction of sp³-hybridized carbons (Fsp3) is 0.500. The number of benzene rings is 1. The first-order valence-corrected chi connectivity index (χ1v) is 6.92. The van der Waals surface area contributed by atoms with Crippen LogP contribution in [0.3, 0.4) is 0 Å². The summed E-state index contributed by atoms with van der Waals surface area (Å²) in [5, 5.41) is 9.46. The fourth-order valence-corrected chi connectivity index (χ4v) is 3.32. The molecule has 1 saturated carbocycles. The van der Waals surface area contributed by atoms with Crippen LogP contribution in [0.25, 0.3) is 0 Å². The summed E-state index contributed by atoms with van der Waals surface area (Å²) >= 11 is 3.44. The zero-order valence-corrected chi connectivity index (χ0v) is 12.0. The Morgan fingerprint density at radius 2 is 2.11 bits per heavy atom. The molecule has 1 aliphatic carbocycles. The zero-order chi connectivity index (χ0) is 13.2. The summed E-state index contributed by atoms with van der Waals surface area (Å²) in [5.41, 5.74) is 0.487. The van der Waals surface area contributed by atoms with Crippen molar-refractivity contribution in [2.45, 2.75) is 32.1 Å². The van der Waals surface area contributed by atoms with Crippen LogP contribution in [0.5, 0.6) is 5.75 Å². The van der Waals surface area contributed by atoms with E-state index in [1.54, 1.807) is 7.11 Å². The number of aliphatic carboxylic acids is 1. The van der Waals surface area contributed by atoms with Crippen LogP contribution >= 0.6 is 15.9 Å². The maximum absolute atomic E-state index is 11.5. The minimum atomic E-state index is -0.660. The summed E-state index contributed by atoms with van der Waals surface area (Å²) in [5.74, 6) is 0.112. The summed E-state index contributed by atoms with van der Waals surface area (Å²) in [6.07, 6.45) is 4.20. The third-order valence-corrected chi connectivity index (χ3v) is 4.39. The maximum atomic E-state index is 11.5. The summed E-state index contributed by atoms with van der Waals surface area (Å²) in [6.45, 7) is 0. The number of carboxylic acids is 1. The molecule has 0 aromatic heterocycles. The molecule has 1 N–H and O–H groups in total. The largest absolute Gasteiger partial charge is 0.496 e. The maximum Gasteiger partial charge on any atom is 0.309 e. The molecule has 1 aliphatic rings. The summed E-state index contributed by atoms with van der Waals surface area (Å²) in [7, 11) is 1.62. The van der Waals surface area contributed by atoms with Crippen LogP contribution in [0.1, 0.15) is 31.2 Å². The molecule has 0 amide bonds. The Hall–Kier alpha value is -1.03. The average Bonchev–Trinajstić information content (AvgIpc) is 2.79. The first kappa shape index (κ1) is 13.4. The van der Waals surface area contributed by atoms with Crippen molar-refractivity contribution in [2.24, 2.45) is 5.41 Å². The van der Waals surface area contributed by atoms with E-state index in [-0.39, 0.29) is 0 Å². The van der Waals surface area contributed by atoms with Crippen molar-refractivity contribution in [1.82, 2.24) is 0 Å². The Labute approximate surface area is 115 Å². The normalized spacial score (nSPS) is 17.7. The lowest BCUT2D eigenvalue weighted by Gasteiger charge is -2.24. The lowest BCUT2D eigenvalue weighted by atomic mass is 9.80. The molecule has 0 spiro atoms. The summed E-state index contributed by atoms with van der Waals surface area (Å²) in [4.78, 5) is 11.5. The number of methoxy groups -OCH3 is 1. The third-order valence-electron chi connectivity index (χ3n) is 3.77. The van der Waals surface area contributed by atoms with Gasteiger partial charge in [-0.2, -0.15) is 0 Å². The van der Waals surface area contributed by atoms with Gasteiger partial charge in [-0.1, -0.05) is 18.9 Å². The van der Waals surface area contributed by atoms with Crippen LogP contribution in [-0.4, -0.2) is 18.2 Å². The molecule has 1 fully saturated rings. The van der Waals surface area contributed by atoms with E-state index in [4.69, 9.17) is 4.74 Å². The van der Waals surface area contributed by atoms with E-state index in [0.29, 0.717) is 6.42 Å². The van der Waals surface area contributed by atoms with Crippen molar-refractivity contribution in [3.63, 3.8) is 0 Å². The molecule has 1 aromatic rings. The minimum absolute atomic E-state index is 0.561. The molecule has 0 saturated heterocycles. The van der Waals surface area contributed by atoms with Gasteiger partial charge < -0.3 is 9.84 Å². The lowest BCUT2D eigenvalue weighted by Crippen LogP contribution is -2.30. The molecule has 0 heterocycles. The van der Waals surface area contributed by atoms with Gasteiger partial charge in [0.1, 0.15) is 5.75 Å². The predicted octanol–water partition coefficient (Wildman–Crippen LogP) is 3.65. The molecule has 4 heteroatoms. The highest BCUT2D eigenvalue weighted by molar-refractivity contribution is 9.10. The molecule has 0 aliphatic heterocycles. The van der Waals surface area contributed by atoms with Crippen molar-refractivity contribution in [3.8, 4) is 5.75 Å². The van der Waals surface area contributed by atoms with Gasteiger partial charge in [-0.3, -0.25) is 4.79 Å². The molecule has 0 atom stereocenters. The fourth-order valence-electron chi connectivity index (χ4n) is 2.73. The zero-order valence-electron chi connectivity index (χ0n) is 10.4. The molecule has 3 nitrogen and oxygen atoms in total. The highest BCUT2D eigenvalue weighted by Gasteiger charge is 2.41. The van der Waals surface area contributed by atoms with E-state index >= 15 is 0 Å². The van der Waals surface area contributed by atoms with Gasteiger partial charge in [-0.25, -0.2) is 0 Å². The average molecular weight is 313 g/mol. The molecule has 0 bridgehead atoms. The van der Waals surface area contributed by atoms with Crippen molar-refractivity contribution in [1.29, 1.82) is 0 Å². The molecule has 1 aromatic carbocycles. The van der Waals surface area contributed by atoms with Crippen LogP contribution in [-0.2, 0) is 11.2 Å². The van der Waals surface area contributed by atoms with Gasteiger partial charge in [0.25, 0.3) is 0 Å². The van der Waals surface area contributed by atoms with Crippen LogP contribution in [0.4, 0.5) is 0 Å². The standard InChI is InChI=1S/C14H17BrO3/c1-18-12-5-4-10(8-11(12)15)9-14(13(16)17)6-2-3-7-14/h4-5,8H,2-3,6-7,9H2,1H3,(H,16,17). The highest BCUT2D eigenvalue weighted by Crippen LogP contribution is 2.42. The van der Waals surface area contributed by atoms with Gasteiger partial charge >= 0.3 is 5.97 Å². The van der Waals surface area contributed by atoms with Crippen LogP contribution in [0, 0.1) is 5.41 Å². The van der Waals surface area contributed by atoms with Gasteiger partial charge in [0.15, 0.2) is 0 Å². The van der Waals surface area contributed by atoms with Gasteiger partial charge in [0.05, 0.1) is 17.0 Å². The van der Waals surface area contributed by atoms with Crippen LogP contribution in [0.15, 0.2) is 22.7 Å². The third kappa shape index (κ3) is 2.53. The van der Waals surface area contributed by atoms with E-state index < -0.39 is 11.4 Å². The van der Waals surface area contributed by atoms with Gasteiger partial charge in [0, 0.05) is 0 Å². The minimum Gasteiger partial charge on any atom is -0.496 e. The smallest absolute Gasteiger partial charge is 0.309 e. The lowest BCUT2D eigenvalue weighted by molar-refractivity contribution is -0.148.